The molecule has 0 bridgehead atoms. The molecule has 0 saturated carbocycles. The highest BCUT2D eigenvalue weighted by Gasteiger charge is 2.15. The summed E-state index contributed by atoms with van der Waals surface area (Å²) in [6.45, 7) is 0. The number of hydrogen-bond donors (Lipinski definition) is 2. The molecule has 1 rings (SSSR count). The minimum Gasteiger partial charge on any atom is -0.481 e. The van der Waals surface area contributed by atoms with E-state index in [0.29, 0.717) is 5.56 Å². The number of carboxylic acid groups (broad SMARTS) is 1. The van der Waals surface area contributed by atoms with Gasteiger partial charge in [-0.25, -0.2) is 4.89 Å². The molecule has 0 radical (unpaired) electrons. The second kappa shape index (κ2) is 4.59. The van der Waals surface area contributed by atoms with Gasteiger partial charge in [0.15, 0.2) is 0 Å². The molecule has 1 unspecified atom stereocenters. The Balaban J connectivity index is 2.73. The molecular formula is C9H10O4. The van der Waals surface area contributed by atoms with Crippen LogP contribution < -0.4 is 0 Å². The van der Waals surface area contributed by atoms with E-state index in [0.717, 1.165) is 0 Å². The monoisotopic (exact) mass is 182 g/mol. The molecule has 1 aromatic rings. The fraction of sp³-hybridized carbons (Fsp3) is 0.222. The van der Waals surface area contributed by atoms with E-state index in [9.17, 15) is 4.79 Å². The van der Waals surface area contributed by atoms with Gasteiger partial charge in [-0.15, -0.1) is 0 Å². The van der Waals surface area contributed by atoms with E-state index in [4.69, 9.17) is 10.4 Å². The molecule has 0 spiro atoms. The first-order valence-electron chi connectivity index (χ1n) is 3.81. The normalized spacial score (nSPS) is 12.4. The zero-order chi connectivity index (χ0) is 9.68. The lowest BCUT2D eigenvalue weighted by Crippen LogP contribution is -2.08. The summed E-state index contributed by atoms with van der Waals surface area (Å²) in [4.78, 5) is 14.4. The van der Waals surface area contributed by atoms with Crippen molar-refractivity contribution in [1.82, 2.24) is 0 Å². The Labute approximate surface area is 75.3 Å². The maximum atomic E-state index is 10.4. The SMILES string of the molecule is O=C(O)CC(OO)c1ccccc1. The number of benzene rings is 1. The number of carboxylic acids is 1. The van der Waals surface area contributed by atoms with Gasteiger partial charge < -0.3 is 5.11 Å². The van der Waals surface area contributed by atoms with Gasteiger partial charge in [0, 0.05) is 0 Å². The van der Waals surface area contributed by atoms with Crippen molar-refractivity contribution in [3.05, 3.63) is 35.9 Å². The highest BCUT2D eigenvalue weighted by molar-refractivity contribution is 5.67. The first-order valence-corrected chi connectivity index (χ1v) is 3.81. The molecule has 0 aliphatic heterocycles. The van der Waals surface area contributed by atoms with Crippen LogP contribution >= 0.6 is 0 Å². The fourth-order valence-electron chi connectivity index (χ4n) is 1.04. The summed E-state index contributed by atoms with van der Waals surface area (Å²) >= 11 is 0. The minimum atomic E-state index is -1.01. The van der Waals surface area contributed by atoms with Gasteiger partial charge in [-0.3, -0.25) is 10.1 Å². The lowest BCUT2D eigenvalue weighted by Gasteiger charge is -2.10. The van der Waals surface area contributed by atoms with Crippen LogP contribution in [0, 0.1) is 0 Å². The Morgan fingerprint density at radius 3 is 2.46 bits per heavy atom. The summed E-state index contributed by atoms with van der Waals surface area (Å²) in [5.74, 6) is -1.01. The second-order valence-electron chi connectivity index (χ2n) is 2.60. The Kier molecular flexibility index (Phi) is 3.42. The summed E-state index contributed by atoms with van der Waals surface area (Å²) in [5, 5.41) is 17.0. The minimum absolute atomic E-state index is 0.249. The van der Waals surface area contributed by atoms with Crippen molar-refractivity contribution in [3.8, 4) is 0 Å². The topological polar surface area (TPSA) is 66.8 Å². The molecule has 4 nitrogen and oxygen atoms in total. The van der Waals surface area contributed by atoms with E-state index in [1.165, 1.54) is 0 Å². The van der Waals surface area contributed by atoms with Crippen molar-refractivity contribution in [2.75, 3.05) is 0 Å². The third-order valence-corrected chi connectivity index (χ3v) is 1.66. The van der Waals surface area contributed by atoms with Crippen LogP contribution in [0.3, 0.4) is 0 Å². The largest absolute Gasteiger partial charge is 0.481 e. The van der Waals surface area contributed by atoms with Crippen LogP contribution in [0.2, 0.25) is 0 Å². The van der Waals surface area contributed by atoms with Crippen molar-refractivity contribution in [2.24, 2.45) is 0 Å². The molecule has 0 aliphatic carbocycles. The van der Waals surface area contributed by atoms with E-state index < -0.39 is 12.1 Å². The maximum Gasteiger partial charge on any atom is 0.306 e. The van der Waals surface area contributed by atoms with Crippen LogP contribution in [0.25, 0.3) is 0 Å². The average molecular weight is 182 g/mol. The van der Waals surface area contributed by atoms with Crippen LogP contribution in [0.4, 0.5) is 0 Å². The molecule has 2 N–H and O–H groups in total. The Bertz CT molecular complexity index is 270. The zero-order valence-corrected chi connectivity index (χ0v) is 6.88. The maximum absolute atomic E-state index is 10.4. The van der Waals surface area contributed by atoms with Gasteiger partial charge in [-0.2, -0.15) is 0 Å². The van der Waals surface area contributed by atoms with Crippen LogP contribution in [0.1, 0.15) is 18.1 Å². The average Bonchev–Trinajstić information content (AvgIpc) is 2.15. The predicted molar refractivity (Wildman–Crippen MR) is 45.1 cm³/mol. The van der Waals surface area contributed by atoms with Gasteiger partial charge in [0.25, 0.3) is 0 Å². The highest BCUT2D eigenvalue weighted by atomic mass is 17.1. The van der Waals surface area contributed by atoms with Crippen LogP contribution in [-0.4, -0.2) is 16.3 Å². The summed E-state index contributed by atoms with van der Waals surface area (Å²) in [6.07, 6.45) is -1.04. The summed E-state index contributed by atoms with van der Waals surface area (Å²) < 4.78 is 0. The van der Waals surface area contributed by atoms with Crippen molar-refractivity contribution in [2.45, 2.75) is 12.5 Å². The standard InChI is InChI=1S/C9H10O4/c10-9(11)6-8(13-12)7-4-2-1-3-5-7/h1-5,8,12H,6H2,(H,10,11). The zero-order valence-electron chi connectivity index (χ0n) is 6.88. The molecule has 0 amide bonds. The van der Waals surface area contributed by atoms with Gasteiger partial charge in [0.2, 0.25) is 0 Å². The quantitative estimate of drug-likeness (QED) is 0.549. The van der Waals surface area contributed by atoms with Crippen molar-refractivity contribution in [3.63, 3.8) is 0 Å². The summed E-state index contributed by atoms with van der Waals surface area (Å²) in [7, 11) is 0. The van der Waals surface area contributed by atoms with E-state index in [1.54, 1.807) is 30.3 Å². The third kappa shape index (κ3) is 2.85. The summed E-state index contributed by atoms with van der Waals surface area (Å²) in [6, 6.07) is 8.71. The Hall–Kier alpha value is -1.39. The molecule has 4 heteroatoms. The van der Waals surface area contributed by atoms with Crippen molar-refractivity contribution in [1.29, 1.82) is 0 Å². The van der Waals surface area contributed by atoms with E-state index in [-0.39, 0.29) is 6.42 Å². The molecule has 13 heavy (non-hydrogen) atoms. The van der Waals surface area contributed by atoms with E-state index in [1.807, 2.05) is 0 Å². The first kappa shape index (κ1) is 9.70. The van der Waals surface area contributed by atoms with Gasteiger partial charge >= 0.3 is 5.97 Å². The molecule has 70 valence electrons. The van der Waals surface area contributed by atoms with Crippen LogP contribution in [0.5, 0.6) is 0 Å². The molecule has 0 aliphatic rings. The van der Waals surface area contributed by atoms with Crippen molar-refractivity contribution < 1.29 is 20.0 Å². The van der Waals surface area contributed by atoms with Gasteiger partial charge in [0.1, 0.15) is 6.10 Å². The van der Waals surface area contributed by atoms with Crippen molar-refractivity contribution >= 4 is 5.97 Å². The molecule has 0 fully saturated rings. The number of rotatable bonds is 4. The molecule has 0 aromatic heterocycles. The number of hydrogen-bond acceptors (Lipinski definition) is 3. The lowest BCUT2D eigenvalue weighted by molar-refractivity contribution is -0.282. The summed E-state index contributed by atoms with van der Waals surface area (Å²) in [5.41, 5.74) is 0.646. The Morgan fingerprint density at radius 1 is 1.38 bits per heavy atom. The highest BCUT2D eigenvalue weighted by Crippen LogP contribution is 2.19. The fourth-order valence-corrected chi connectivity index (χ4v) is 1.04. The molecule has 0 heterocycles. The van der Waals surface area contributed by atoms with E-state index in [2.05, 4.69) is 4.89 Å². The number of aliphatic carboxylic acids is 1. The lowest BCUT2D eigenvalue weighted by atomic mass is 10.1. The van der Waals surface area contributed by atoms with Crippen LogP contribution in [0.15, 0.2) is 30.3 Å². The Morgan fingerprint density at radius 2 is 2.00 bits per heavy atom. The van der Waals surface area contributed by atoms with Gasteiger partial charge in [0.05, 0.1) is 6.42 Å². The molecule has 1 atom stereocenters. The van der Waals surface area contributed by atoms with Crippen LogP contribution in [-0.2, 0) is 9.68 Å². The van der Waals surface area contributed by atoms with Gasteiger partial charge in [-0.05, 0) is 5.56 Å². The molecule has 1 aromatic carbocycles. The molecule has 0 saturated heterocycles. The second-order valence-corrected chi connectivity index (χ2v) is 2.60. The predicted octanol–water partition coefficient (Wildman–Crippen LogP) is 1.69. The smallest absolute Gasteiger partial charge is 0.306 e. The number of carbonyl (C=O) groups is 1. The van der Waals surface area contributed by atoms with E-state index >= 15 is 0 Å². The molecular weight excluding hydrogens is 172 g/mol. The van der Waals surface area contributed by atoms with Gasteiger partial charge in [-0.1, -0.05) is 30.3 Å². The first-order chi connectivity index (χ1) is 6.24. The third-order valence-electron chi connectivity index (χ3n) is 1.66.